The molecule has 0 fully saturated rings. The molecule has 0 spiro atoms. The van der Waals surface area contributed by atoms with Crippen LogP contribution in [0.5, 0.6) is 5.75 Å². The van der Waals surface area contributed by atoms with Crippen LogP contribution in [0.15, 0.2) is 66.4 Å². The Labute approximate surface area is 225 Å². The number of nitro benzene ring substituents is 1. The predicted octanol–water partition coefficient (Wildman–Crippen LogP) is 5.19. The maximum absolute atomic E-state index is 12.9. The van der Waals surface area contributed by atoms with Crippen molar-refractivity contribution in [1.29, 1.82) is 5.41 Å². The molecule has 0 amide bonds. The Morgan fingerprint density at radius 1 is 1.21 bits per heavy atom. The van der Waals surface area contributed by atoms with Crippen molar-refractivity contribution >= 4 is 50.3 Å². The van der Waals surface area contributed by atoms with Gasteiger partial charge in [-0.3, -0.25) is 15.5 Å². The number of anilines is 1. The van der Waals surface area contributed by atoms with E-state index in [1.807, 2.05) is 24.3 Å². The van der Waals surface area contributed by atoms with E-state index in [9.17, 15) is 20.0 Å². The number of para-hydroxylation sites is 1. The topological polar surface area (TPSA) is 148 Å². The van der Waals surface area contributed by atoms with Crippen molar-refractivity contribution in [2.24, 2.45) is 0 Å². The molecule has 12 heteroatoms. The van der Waals surface area contributed by atoms with Gasteiger partial charge in [-0.2, -0.15) is 0 Å². The van der Waals surface area contributed by atoms with Crippen LogP contribution in [0.2, 0.25) is 0 Å². The smallest absolute Gasteiger partial charge is 0.338 e. The van der Waals surface area contributed by atoms with Crippen molar-refractivity contribution in [2.45, 2.75) is 13.2 Å². The number of ether oxygens (including phenoxy) is 3. The van der Waals surface area contributed by atoms with E-state index in [0.717, 1.165) is 10.2 Å². The fourth-order valence-corrected chi connectivity index (χ4v) is 5.56. The molecule has 196 valence electrons. The molecule has 4 aromatic rings. The van der Waals surface area contributed by atoms with Crippen molar-refractivity contribution in [3.8, 4) is 5.75 Å². The molecule has 6 rings (SSSR count). The number of benzene rings is 3. The summed E-state index contributed by atoms with van der Waals surface area (Å²) in [6.07, 6.45) is 0. The number of carbonyl (C=O) groups is 1. The minimum atomic E-state index is -0.654. The molecule has 2 aliphatic heterocycles. The van der Waals surface area contributed by atoms with Crippen molar-refractivity contribution in [3.63, 3.8) is 0 Å². The molecule has 0 bridgehead atoms. The number of nitro groups is 1. The zero-order valence-corrected chi connectivity index (χ0v) is 21.1. The molecule has 0 radical (unpaired) electrons. The Balaban J connectivity index is 1.20. The summed E-state index contributed by atoms with van der Waals surface area (Å²) in [6, 6.07) is 16.8. The van der Waals surface area contributed by atoms with Crippen LogP contribution in [0.1, 0.15) is 26.5 Å². The van der Waals surface area contributed by atoms with Crippen LogP contribution in [0, 0.1) is 15.5 Å². The average molecular weight is 545 g/mol. The lowest BCUT2D eigenvalue weighted by Crippen LogP contribution is -2.26. The molecule has 0 saturated heterocycles. The number of amidine groups is 1. The highest BCUT2D eigenvalue weighted by Crippen LogP contribution is 2.36. The summed E-state index contributed by atoms with van der Waals surface area (Å²) in [6.45, 7) is -0.0320. The molecule has 2 aliphatic rings. The van der Waals surface area contributed by atoms with Crippen molar-refractivity contribution in [2.75, 3.05) is 18.2 Å². The van der Waals surface area contributed by atoms with Crippen molar-refractivity contribution in [1.82, 2.24) is 4.98 Å². The van der Waals surface area contributed by atoms with Gasteiger partial charge in [0.25, 0.3) is 5.69 Å². The summed E-state index contributed by atoms with van der Waals surface area (Å²) in [4.78, 5) is 29.9. The number of thiazole rings is 1. The molecule has 0 unspecified atom stereocenters. The molecule has 11 nitrogen and oxygen atoms in total. The molecule has 3 heterocycles. The first-order valence-corrected chi connectivity index (χ1v) is 12.6. The van der Waals surface area contributed by atoms with Crippen LogP contribution in [0.4, 0.5) is 11.4 Å². The molecular formula is C27H20N4O7S. The zero-order valence-electron chi connectivity index (χ0n) is 20.2. The number of hydrogen-bond donors (Lipinski definition) is 2. The normalized spacial score (nSPS) is 14.9. The standard InChI is InChI=1S/C27H20N4O7S/c28-25-23(26-29-20-6-1-2-7-22(20)39-26)21(32)11-30(25)18-5-3-4-15(8-18)27(33)37-13-17-10-19(31(34)35)9-16-12-36-14-38-24(16)17/h1-10,28,32H,11-14H2. The largest absolute Gasteiger partial charge is 0.510 e. The SMILES string of the molecule is N=C1C(c2nc3ccccc3s2)=C(O)CN1c1cccc(C(=O)OCc2cc([N+](=O)[O-])cc3c2OCOC3)c1. The highest BCUT2D eigenvalue weighted by Gasteiger charge is 2.32. The molecule has 2 N–H and O–H groups in total. The van der Waals surface area contributed by atoms with Crippen LogP contribution in [0.25, 0.3) is 15.8 Å². The van der Waals surface area contributed by atoms with E-state index >= 15 is 0 Å². The molecule has 0 aliphatic carbocycles. The van der Waals surface area contributed by atoms with Gasteiger partial charge in [-0.15, -0.1) is 11.3 Å². The van der Waals surface area contributed by atoms with Crippen LogP contribution < -0.4 is 9.64 Å². The summed E-state index contributed by atoms with van der Waals surface area (Å²) in [5, 5.41) is 31.3. The zero-order chi connectivity index (χ0) is 27.1. The van der Waals surface area contributed by atoms with Crippen molar-refractivity contribution < 1.29 is 29.0 Å². The van der Waals surface area contributed by atoms with E-state index < -0.39 is 10.9 Å². The second kappa shape index (κ2) is 9.82. The summed E-state index contributed by atoms with van der Waals surface area (Å²) >= 11 is 1.39. The van der Waals surface area contributed by atoms with E-state index in [2.05, 4.69) is 4.98 Å². The molecule has 1 aromatic heterocycles. The number of esters is 1. The number of fused-ring (bicyclic) bond motifs is 2. The lowest BCUT2D eigenvalue weighted by Gasteiger charge is -2.21. The quantitative estimate of drug-likeness (QED) is 0.190. The summed E-state index contributed by atoms with van der Waals surface area (Å²) in [5.74, 6) is -0.160. The number of hydrogen-bond acceptors (Lipinski definition) is 10. The van der Waals surface area contributed by atoms with E-state index in [0.29, 0.717) is 33.1 Å². The molecule has 3 aromatic carbocycles. The number of aliphatic hydroxyl groups excluding tert-OH is 1. The molecule has 39 heavy (non-hydrogen) atoms. The Morgan fingerprint density at radius 2 is 2.05 bits per heavy atom. The van der Waals surface area contributed by atoms with Crippen LogP contribution in [-0.4, -0.2) is 40.2 Å². The summed E-state index contributed by atoms with van der Waals surface area (Å²) in [5.41, 5.74) is 2.59. The Bertz CT molecular complexity index is 1660. The molecule has 0 saturated carbocycles. The lowest BCUT2D eigenvalue weighted by atomic mass is 10.1. The average Bonchev–Trinajstić information content (AvgIpc) is 3.50. The van der Waals surface area contributed by atoms with Gasteiger partial charge in [0.1, 0.15) is 29.0 Å². The first-order chi connectivity index (χ1) is 18.9. The van der Waals surface area contributed by atoms with Crippen LogP contribution in [0.3, 0.4) is 0 Å². The number of nitrogens with one attached hydrogen (secondary N) is 1. The summed E-state index contributed by atoms with van der Waals surface area (Å²) < 4.78 is 17.1. The van der Waals surface area contributed by atoms with Gasteiger partial charge in [0.2, 0.25) is 0 Å². The van der Waals surface area contributed by atoms with E-state index in [1.165, 1.54) is 23.5 Å². The first-order valence-electron chi connectivity index (χ1n) is 11.8. The van der Waals surface area contributed by atoms with E-state index in [1.54, 1.807) is 29.2 Å². The first kappa shape index (κ1) is 24.5. The van der Waals surface area contributed by atoms with E-state index in [-0.39, 0.29) is 49.4 Å². The number of rotatable bonds is 6. The third-order valence-electron chi connectivity index (χ3n) is 6.35. The third kappa shape index (κ3) is 4.56. The molecule has 0 atom stereocenters. The lowest BCUT2D eigenvalue weighted by molar-refractivity contribution is -0.385. The second-order valence-electron chi connectivity index (χ2n) is 8.83. The van der Waals surface area contributed by atoms with Gasteiger partial charge < -0.3 is 24.2 Å². The highest BCUT2D eigenvalue weighted by atomic mass is 32.1. The van der Waals surface area contributed by atoms with E-state index in [4.69, 9.17) is 19.6 Å². The van der Waals surface area contributed by atoms with Gasteiger partial charge in [-0.1, -0.05) is 18.2 Å². The predicted molar refractivity (Wildman–Crippen MR) is 143 cm³/mol. The number of carbonyl (C=O) groups excluding carboxylic acids is 1. The van der Waals surface area contributed by atoms with Crippen LogP contribution in [-0.2, 0) is 22.7 Å². The van der Waals surface area contributed by atoms with Gasteiger partial charge in [0.15, 0.2) is 6.79 Å². The monoisotopic (exact) mass is 544 g/mol. The number of non-ortho nitro benzene ring substituents is 1. The number of nitrogens with zero attached hydrogens (tertiary/aromatic N) is 3. The van der Waals surface area contributed by atoms with Gasteiger partial charge in [0.05, 0.1) is 39.4 Å². The van der Waals surface area contributed by atoms with Crippen molar-refractivity contribution in [3.05, 3.63) is 98.2 Å². The Hall–Kier alpha value is -4.81. The highest BCUT2D eigenvalue weighted by molar-refractivity contribution is 7.19. The second-order valence-corrected chi connectivity index (χ2v) is 9.86. The minimum absolute atomic E-state index is 0.00448. The van der Waals surface area contributed by atoms with Gasteiger partial charge in [0, 0.05) is 28.9 Å². The summed E-state index contributed by atoms with van der Waals surface area (Å²) in [7, 11) is 0. The fourth-order valence-electron chi connectivity index (χ4n) is 4.52. The van der Waals surface area contributed by atoms with Crippen LogP contribution >= 0.6 is 11.3 Å². The van der Waals surface area contributed by atoms with Gasteiger partial charge in [-0.25, -0.2) is 9.78 Å². The third-order valence-corrected chi connectivity index (χ3v) is 7.40. The Kier molecular flexibility index (Phi) is 6.17. The number of aromatic nitrogens is 1. The van der Waals surface area contributed by atoms with Gasteiger partial charge in [-0.05, 0) is 30.3 Å². The Morgan fingerprint density at radius 3 is 2.87 bits per heavy atom. The number of aliphatic hydroxyl groups is 1. The van der Waals surface area contributed by atoms with Gasteiger partial charge >= 0.3 is 5.97 Å². The fraction of sp³-hybridized carbons (Fsp3) is 0.148. The molecular weight excluding hydrogens is 524 g/mol. The maximum atomic E-state index is 12.9. The minimum Gasteiger partial charge on any atom is -0.510 e. The maximum Gasteiger partial charge on any atom is 0.338 e.